The molecule has 1 fully saturated rings. The molecule has 0 atom stereocenters. The van der Waals surface area contributed by atoms with Gasteiger partial charge < -0.3 is 15.2 Å². The summed E-state index contributed by atoms with van der Waals surface area (Å²) in [6.45, 7) is 2.71. The zero-order chi connectivity index (χ0) is 15.5. The van der Waals surface area contributed by atoms with Crippen molar-refractivity contribution in [3.8, 4) is 0 Å². The lowest BCUT2D eigenvalue weighted by Crippen LogP contribution is -2.53. The van der Waals surface area contributed by atoms with Crippen molar-refractivity contribution < 1.29 is 19.4 Å². The van der Waals surface area contributed by atoms with Gasteiger partial charge in [0.2, 0.25) is 0 Å². The molecule has 0 aromatic heterocycles. The number of hydrogen-bond donors (Lipinski definition) is 2. The normalized spacial score (nSPS) is 17.2. The van der Waals surface area contributed by atoms with Crippen LogP contribution < -0.4 is 5.32 Å². The highest BCUT2D eigenvalue weighted by Crippen LogP contribution is 2.26. The quantitative estimate of drug-likeness (QED) is 0.895. The number of benzene rings is 1. The topological polar surface area (TPSA) is 75.6 Å². The van der Waals surface area contributed by atoms with Crippen LogP contribution in [0, 0.1) is 6.92 Å². The Labute approximate surface area is 128 Å². The third-order valence-corrected chi connectivity index (χ3v) is 4.00. The zero-order valence-electron chi connectivity index (χ0n) is 11.8. The predicted molar refractivity (Wildman–Crippen MR) is 78.7 cm³/mol. The van der Waals surface area contributed by atoms with Crippen LogP contribution >= 0.6 is 11.6 Å². The first-order chi connectivity index (χ1) is 9.92. The highest BCUT2D eigenvalue weighted by atomic mass is 35.5. The molecule has 6 heteroatoms. The molecule has 1 aromatic rings. The van der Waals surface area contributed by atoms with Crippen molar-refractivity contribution in [1.82, 2.24) is 5.32 Å². The van der Waals surface area contributed by atoms with Crippen molar-refractivity contribution in [3.05, 3.63) is 34.3 Å². The maximum atomic E-state index is 12.5. The van der Waals surface area contributed by atoms with E-state index in [1.807, 2.05) is 6.92 Å². The Bertz CT molecular complexity index is 553. The first kappa shape index (κ1) is 15.8. The molecule has 2 N–H and O–H groups in total. The lowest BCUT2D eigenvalue weighted by molar-refractivity contribution is -0.139. The fourth-order valence-corrected chi connectivity index (χ4v) is 2.72. The minimum Gasteiger partial charge on any atom is -0.481 e. The van der Waals surface area contributed by atoms with Gasteiger partial charge in [0, 0.05) is 23.8 Å². The van der Waals surface area contributed by atoms with Gasteiger partial charge in [-0.15, -0.1) is 0 Å². The Morgan fingerprint density at radius 3 is 2.67 bits per heavy atom. The number of nitrogens with one attached hydrogen (secondary N) is 1. The fraction of sp³-hybridized carbons (Fsp3) is 0.467. The molecule has 1 aliphatic heterocycles. The molecule has 0 unspecified atom stereocenters. The number of halogens is 1. The van der Waals surface area contributed by atoms with Crippen LogP contribution in [0.25, 0.3) is 0 Å². The number of aryl methyl sites for hydroxylation is 1. The molecular weight excluding hydrogens is 294 g/mol. The average Bonchev–Trinajstić information content (AvgIpc) is 2.41. The van der Waals surface area contributed by atoms with Crippen LogP contribution in [0.3, 0.4) is 0 Å². The maximum Gasteiger partial charge on any atom is 0.305 e. The second-order valence-electron chi connectivity index (χ2n) is 5.38. The third-order valence-electron chi connectivity index (χ3n) is 3.76. The number of hydrogen-bond acceptors (Lipinski definition) is 3. The molecule has 1 heterocycles. The first-order valence-corrected chi connectivity index (χ1v) is 7.18. The van der Waals surface area contributed by atoms with Gasteiger partial charge in [-0.25, -0.2) is 0 Å². The van der Waals surface area contributed by atoms with E-state index in [-0.39, 0.29) is 12.3 Å². The van der Waals surface area contributed by atoms with Crippen LogP contribution in [0.4, 0.5) is 0 Å². The fourth-order valence-electron chi connectivity index (χ4n) is 2.54. The molecule has 0 radical (unpaired) electrons. The van der Waals surface area contributed by atoms with Gasteiger partial charge in [0.05, 0.1) is 12.0 Å². The molecule has 114 valence electrons. The number of carboxylic acid groups (broad SMARTS) is 1. The van der Waals surface area contributed by atoms with Gasteiger partial charge in [-0.1, -0.05) is 17.7 Å². The molecular formula is C15H18ClNO4. The van der Waals surface area contributed by atoms with E-state index in [1.165, 1.54) is 0 Å². The summed E-state index contributed by atoms with van der Waals surface area (Å²) in [6.07, 6.45) is 0.872. The molecule has 0 bridgehead atoms. The molecule has 1 saturated heterocycles. The largest absolute Gasteiger partial charge is 0.481 e. The molecule has 0 saturated carbocycles. The van der Waals surface area contributed by atoms with E-state index in [0.29, 0.717) is 36.6 Å². The van der Waals surface area contributed by atoms with Gasteiger partial charge in [-0.3, -0.25) is 9.59 Å². The summed E-state index contributed by atoms with van der Waals surface area (Å²) in [5.41, 5.74) is 0.517. The number of ether oxygens (including phenoxy) is 1. The van der Waals surface area contributed by atoms with E-state index >= 15 is 0 Å². The summed E-state index contributed by atoms with van der Waals surface area (Å²) in [4.78, 5) is 23.6. The van der Waals surface area contributed by atoms with E-state index in [0.717, 1.165) is 5.56 Å². The smallest absolute Gasteiger partial charge is 0.305 e. The Morgan fingerprint density at radius 1 is 1.38 bits per heavy atom. The summed E-state index contributed by atoms with van der Waals surface area (Å²) in [6, 6.07) is 5.08. The standard InChI is InChI=1S/C15H18ClNO4/c1-10-2-3-11(16)8-12(10)14(20)17-15(9-13(18)19)4-6-21-7-5-15/h2-3,8H,4-7,9H2,1H3,(H,17,20)(H,18,19). The summed E-state index contributed by atoms with van der Waals surface area (Å²) in [5.74, 6) is -1.22. The number of carboxylic acids is 1. The number of carbonyl (C=O) groups excluding carboxylic acids is 1. The molecule has 1 aliphatic rings. The number of amides is 1. The van der Waals surface area contributed by atoms with Crippen LogP contribution in [0.2, 0.25) is 5.02 Å². The molecule has 1 aromatic carbocycles. The van der Waals surface area contributed by atoms with Gasteiger partial charge in [0.1, 0.15) is 0 Å². The van der Waals surface area contributed by atoms with Crippen molar-refractivity contribution in [3.63, 3.8) is 0 Å². The minimum absolute atomic E-state index is 0.109. The molecule has 2 rings (SSSR count). The Balaban J connectivity index is 2.21. The van der Waals surface area contributed by atoms with Crippen LogP contribution in [-0.4, -0.2) is 35.7 Å². The molecule has 0 spiro atoms. The Morgan fingerprint density at radius 2 is 2.05 bits per heavy atom. The van der Waals surface area contributed by atoms with Gasteiger partial charge in [-0.2, -0.15) is 0 Å². The highest BCUT2D eigenvalue weighted by Gasteiger charge is 2.36. The highest BCUT2D eigenvalue weighted by molar-refractivity contribution is 6.31. The molecule has 1 amide bonds. The average molecular weight is 312 g/mol. The first-order valence-electron chi connectivity index (χ1n) is 6.80. The van der Waals surface area contributed by atoms with Crippen molar-refractivity contribution in [2.24, 2.45) is 0 Å². The van der Waals surface area contributed by atoms with Crippen molar-refractivity contribution in [2.75, 3.05) is 13.2 Å². The molecule has 21 heavy (non-hydrogen) atoms. The minimum atomic E-state index is -0.931. The van der Waals surface area contributed by atoms with Crippen molar-refractivity contribution in [1.29, 1.82) is 0 Å². The summed E-state index contributed by atoms with van der Waals surface area (Å²) in [5, 5.41) is 12.5. The summed E-state index contributed by atoms with van der Waals surface area (Å²) in [7, 11) is 0. The van der Waals surface area contributed by atoms with E-state index < -0.39 is 11.5 Å². The van der Waals surface area contributed by atoms with E-state index in [9.17, 15) is 9.59 Å². The lowest BCUT2D eigenvalue weighted by Gasteiger charge is -2.37. The Hall–Kier alpha value is -1.59. The van der Waals surface area contributed by atoms with Crippen LogP contribution in [0.5, 0.6) is 0 Å². The third kappa shape index (κ3) is 3.95. The number of carbonyl (C=O) groups is 2. The lowest BCUT2D eigenvalue weighted by atomic mass is 9.86. The van der Waals surface area contributed by atoms with Crippen LogP contribution in [0.1, 0.15) is 35.2 Å². The van der Waals surface area contributed by atoms with Gasteiger partial charge >= 0.3 is 5.97 Å². The molecule has 0 aliphatic carbocycles. The summed E-state index contributed by atoms with van der Waals surface area (Å²) < 4.78 is 5.27. The number of rotatable bonds is 4. The maximum absolute atomic E-state index is 12.5. The van der Waals surface area contributed by atoms with E-state index in [4.69, 9.17) is 21.4 Å². The van der Waals surface area contributed by atoms with Crippen molar-refractivity contribution >= 4 is 23.5 Å². The van der Waals surface area contributed by atoms with Crippen LogP contribution in [-0.2, 0) is 9.53 Å². The van der Waals surface area contributed by atoms with E-state index in [1.54, 1.807) is 18.2 Å². The SMILES string of the molecule is Cc1ccc(Cl)cc1C(=O)NC1(CC(=O)O)CCOCC1. The van der Waals surface area contributed by atoms with Crippen LogP contribution in [0.15, 0.2) is 18.2 Å². The summed E-state index contributed by atoms with van der Waals surface area (Å²) >= 11 is 5.93. The zero-order valence-corrected chi connectivity index (χ0v) is 12.6. The van der Waals surface area contributed by atoms with Gasteiger partial charge in [0.15, 0.2) is 0 Å². The predicted octanol–water partition coefficient (Wildman–Crippen LogP) is 2.40. The van der Waals surface area contributed by atoms with Crippen molar-refractivity contribution in [2.45, 2.75) is 31.7 Å². The second-order valence-corrected chi connectivity index (χ2v) is 5.81. The van der Waals surface area contributed by atoms with Gasteiger partial charge in [-0.05, 0) is 37.5 Å². The van der Waals surface area contributed by atoms with E-state index in [2.05, 4.69) is 5.32 Å². The Kier molecular flexibility index (Phi) is 4.85. The molecule has 5 nitrogen and oxygen atoms in total. The monoisotopic (exact) mass is 311 g/mol. The second kappa shape index (κ2) is 6.45. The number of aliphatic carboxylic acids is 1. The van der Waals surface area contributed by atoms with Gasteiger partial charge in [0.25, 0.3) is 5.91 Å².